The third-order valence-corrected chi connectivity index (χ3v) is 8.35. The van der Waals surface area contributed by atoms with Crippen molar-refractivity contribution in [3.8, 4) is 5.75 Å². The summed E-state index contributed by atoms with van der Waals surface area (Å²) in [5.74, 6) is 0.130. The maximum Gasteiger partial charge on any atom is 0.305 e. The van der Waals surface area contributed by atoms with E-state index in [0.717, 1.165) is 57.1 Å². The predicted octanol–water partition coefficient (Wildman–Crippen LogP) is 6.79. The van der Waals surface area contributed by atoms with E-state index < -0.39 is 5.82 Å². The van der Waals surface area contributed by atoms with Crippen LogP contribution in [-0.2, 0) is 23.9 Å². The number of benzene rings is 3. The third-order valence-electron chi connectivity index (χ3n) is 8.35. The molecule has 1 aliphatic heterocycles. The molecule has 0 spiro atoms. The Morgan fingerprint density at radius 1 is 0.873 bits per heavy atom. The van der Waals surface area contributed by atoms with Crippen LogP contribution in [0.1, 0.15) is 51.9 Å². The minimum atomic E-state index is -0.596. The second-order valence-corrected chi connectivity index (χ2v) is 12.6. The Labute approximate surface area is 321 Å². The van der Waals surface area contributed by atoms with E-state index in [1.54, 1.807) is 50.4 Å². The van der Waals surface area contributed by atoms with E-state index in [1.165, 1.54) is 0 Å². The van der Waals surface area contributed by atoms with Crippen LogP contribution < -0.4 is 37.1 Å². The molecular formula is C40H51FN8O6. The Kier molecular flexibility index (Phi) is 17.6. The number of ether oxygens (including phenoxy) is 3. The molecule has 4 aromatic rings. The molecule has 0 unspecified atom stereocenters. The largest absolute Gasteiger partial charge is 0.491 e. The monoisotopic (exact) mass is 758 g/mol. The first-order valence-electron chi connectivity index (χ1n) is 18.4. The molecule has 7 N–H and O–H groups in total. The number of hydrogen-bond donors (Lipinski definition) is 6. The van der Waals surface area contributed by atoms with Gasteiger partial charge in [0.25, 0.3) is 0 Å². The number of nitrogens with two attached hydrogens (primary N) is 1. The van der Waals surface area contributed by atoms with E-state index in [-0.39, 0.29) is 35.5 Å². The lowest BCUT2D eigenvalue weighted by Crippen LogP contribution is -2.34. The zero-order valence-corrected chi connectivity index (χ0v) is 31.4. The Morgan fingerprint density at radius 3 is 2.38 bits per heavy atom. The number of halogens is 1. The molecule has 0 saturated carbocycles. The minimum Gasteiger partial charge on any atom is -0.491 e. The highest BCUT2D eigenvalue weighted by atomic mass is 19.1. The number of unbranched alkanes of at least 4 members (excludes halogenated alkanes) is 2. The summed E-state index contributed by atoms with van der Waals surface area (Å²) in [4.78, 5) is 43.4. The number of aromatic nitrogens is 2. The second kappa shape index (κ2) is 23.1. The SMILES string of the molecule is CCC(=O)OCCCCCC(=O)Nc1ccccc1N.COCCOc1ccc(Nc2ncc(F)c(Nc3cccc(NC(=O)C4CCNCC4)c3)n2)cc1. The number of para-hydroxylation sites is 2. The number of carbonyl (C=O) groups is 3. The van der Waals surface area contributed by atoms with Crippen molar-refractivity contribution in [2.75, 3.05) is 67.0 Å². The van der Waals surface area contributed by atoms with Crippen LogP contribution >= 0.6 is 0 Å². The number of piperidine rings is 1. The molecule has 15 heteroatoms. The molecule has 55 heavy (non-hydrogen) atoms. The topological polar surface area (TPSA) is 191 Å². The standard InChI is InChI=1S/C25H29FN6O3.C15H22N2O3/c1-34-13-14-35-21-7-5-18(6-8-21)31-25-28-16-22(26)23(32-25)29-19-3-2-4-20(15-19)30-24(33)17-9-11-27-12-10-17;1-2-15(19)20-11-7-3-4-10-14(18)17-13-9-6-5-8-12(13)16/h2-8,15-17,27H,9-14H2,1H3,(H,30,33)(H2,28,29,31,32);5-6,8-9H,2-4,7,10-11,16H2,1H3,(H,17,18). The molecular weight excluding hydrogens is 707 g/mol. The molecule has 0 atom stereocenters. The molecule has 1 aromatic heterocycles. The summed E-state index contributed by atoms with van der Waals surface area (Å²) in [6.07, 6.45) is 5.98. The van der Waals surface area contributed by atoms with Crippen molar-refractivity contribution >= 4 is 58.0 Å². The van der Waals surface area contributed by atoms with Crippen molar-refractivity contribution in [3.05, 3.63) is 84.8 Å². The number of rotatable bonds is 18. The Hall–Kier alpha value is -5.80. The fourth-order valence-corrected chi connectivity index (χ4v) is 5.34. The summed E-state index contributed by atoms with van der Waals surface area (Å²) in [6, 6.07) is 21.5. The van der Waals surface area contributed by atoms with Gasteiger partial charge in [0.05, 0.1) is 30.8 Å². The highest BCUT2D eigenvalue weighted by Gasteiger charge is 2.21. The molecule has 1 aliphatic rings. The quantitative estimate of drug-likeness (QED) is 0.0355. The Morgan fingerprint density at radius 2 is 1.64 bits per heavy atom. The number of hydrogen-bond acceptors (Lipinski definition) is 12. The van der Waals surface area contributed by atoms with Gasteiger partial charge in [0.2, 0.25) is 17.8 Å². The molecule has 5 rings (SSSR count). The summed E-state index contributed by atoms with van der Waals surface area (Å²) in [6.45, 7) is 4.85. The number of amides is 2. The molecule has 0 radical (unpaired) electrons. The molecule has 1 saturated heterocycles. The summed E-state index contributed by atoms with van der Waals surface area (Å²) in [5.41, 5.74) is 8.91. The van der Waals surface area contributed by atoms with Gasteiger partial charge in [-0.05, 0) is 99.8 Å². The zero-order valence-electron chi connectivity index (χ0n) is 31.4. The first kappa shape index (κ1) is 41.9. The van der Waals surface area contributed by atoms with Gasteiger partial charge in [-0.15, -0.1) is 0 Å². The third kappa shape index (κ3) is 15.2. The highest BCUT2D eigenvalue weighted by Crippen LogP contribution is 2.25. The summed E-state index contributed by atoms with van der Waals surface area (Å²) >= 11 is 0. The molecule has 0 bridgehead atoms. The van der Waals surface area contributed by atoms with Gasteiger partial charge in [-0.2, -0.15) is 4.98 Å². The van der Waals surface area contributed by atoms with Gasteiger partial charge in [0.15, 0.2) is 11.6 Å². The molecule has 1 fully saturated rings. The van der Waals surface area contributed by atoms with E-state index in [4.69, 9.17) is 19.9 Å². The van der Waals surface area contributed by atoms with E-state index in [9.17, 15) is 18.8 Å². The highest BCUT2D eigenvalue weighted by molar-refractivity contribution is 5.94. The van der Waals surface area contributed by atoms with Crippen LogP contribution in [0.5, 0.6) is 5.75 Å². The molecule has 14 nitrogen and oxygen atoms in total. The normalized spacial score (nSPS) is 12.4. The minimum absolute atomic E-state index is 0.00142. The maximum atomic E-state index is 14.4. The molecule has 2 amide bonds. The van der Waals surface area contributed by atoms with Gasteiger partial charge >= 0.3 is 5.97 Å². The number of nitrogen functional groups attached to an aromatic ring is 1. The molecule has 3 aromatic carbocycles. The number of nitrogens with zero attached hydrogens (tertiary/aromatic N) is 2. The van der Waals surface area contributed by atoms with Crippen molar-refractivity contribution in [1.29, 1.82) is 0 Å². The molecule has 294 valence electrons. The van der Waals surface area contributed by atoms with Crippen LogP contribution in [0.25, 0.3) is 0 Å². The fraction of sp³-hybridized carbons (Fsp3) is 0.375. The fourth-order valence-electron chi connectivity index (χ4n) is 5.34. The van der Waals surface area contributed by atoms with E-state index >= 15 is 0 Å². The van der Waals surface area contributed by atoms with Crippen LogP contribution in [0, 0.1) is 11.7 Å². The van der Waals surface area contributed by atoms with Crippen molar-refractivity contribution < 1.29 is 33.0 Å². The van der Waals surface area contributed by atoms with Crippen molar-refractivity contribution in [1.82, 2.24) is 15.3 Å². The number of nitrogens with one attached hydrogen (secondary N) is 5. The lowest BCUT2D eigenvalue weighted by Gasteiger charge is -2.21. The van der Waals surface area contributed by atoms with Gasteiger partial charge in [-0.1, -0.05) is 25.1 Å². The lowest BCUT2D eigenvalue weighted by molar-refractivity contribution is -0.143. The van der Waals surface area contributed by atoms with E-state index in [2.05, 4.69) is 36.6 Å². The van der Waals surface area contributed by atoms with Crippen LogP contribution in [0.2, 0.25) is 0 Å². The van der Waals surface area contributed by atoms with E-state index in [0.29, 0.717) is 61.2 Å². The number of methoxy groups -OCH3 is 1. The smallest absolute Gasteiger partial charge is 0.305 e. The van der Waals surface area contributed by atoms with Gasteiger partial charge in [0.1, 0.15) is 12.4 Å². The van der Waals surface area contributed by atoms with Gasteiger partial charge in [-0.25, -0.2) is 9.37 Å². The van der Waals surface area contributed by atoms with Gasteiger partial charge < -0.3 is 46.5 Å². The second-order valence-electron chi connectivity index (χ2n) is 12.6. The number of esters is 1. The molecule has 2 heterocycles. The van der Waals surface area contributed by atoms with Crippen LogP contribution in [0.4, 0.5) is 44.6 Å². The van der Waals surface area contributed by atoms with Crippen LogP contribution in [0.15, 0.2) is 79.0 Å². The van der Waals surface area contributed by atoms with Crippen molar-refractivity contribution in [2.45, 2.75) is 51.9 Å². The summed E-state index contributed by atoms with van der Waals surface area (Å²) < 4.78 is 29.9. The lowest BCUT2D eigenvalue weighted by atomic mass is 9.97. The first-order valence-corrected chi connectivity index (χ1v) is 18.4. The van der Waals surface area contributed by atoms with E-state index in [1.807, 2.05) is 36.4 Å². The van der Waals surface area contributed by atoms with Gasteiger partial charge in [-0.3, -0.25) is 14.4 Å². The van der Waals surface area contributed by atoms with Gasteiger partial charge in [0, 0.05) is 42.9 Å². The van der Waals surface area contributed by atoms with Crippen molar-refractivity contribution in [2.24, 2.45) is 5.92 Å². The maximum absolute atomic E-state index is 14.4. The number of anilines is 7. The Balaban J connectivity index is 0.000000287. The predicted molar refractivity (Wildman–Crippen MR) is 212 cm³/mol. The van der Waals surface area contributed by atoms with Crippen LogP contribution in [-0.4, -0.2) is 67.8 Å². The van der Waals surface area contributed by atoms with Crippen molar-refractivity contribution in [3.63, 3.8) is 0 Å². The average molecular weight is 759 g/mol. The zero-order chi connectivity index (χ0) is 39.3. The Bertz CT molecular complexity index is 1810. The molecule has 0 aliphatic carbocycles. The van der Waals surface area contributed by atoms with Crippen LogP contribution in [0.3, 0.4) is 0 Å². The first-order chi connectivity index (χ1) is 26.7. The summed E-state index contributed by atoms with van der Waals surface area (Å²) in [7, 11) is 1.62. The average Bonchev–Trinajstić information content (AvgIpc) is 3.20. The number of carbonyl (C=O) groups excluding carboxylic acids is 3. The summed E-state index contributed by atoms with van der Waals surface area (Å²) in [5, 5.41) is 15.0.